The molecule has 1 aromatic carbocycles. The third-order valence-electron chi connectivity index (χ3n) is 3.46. The van der Waals surface area contributed by atoms with Crippen LogP contribution in [0.2, 0.25) is 0 Å². The van der Waals surface area contributed by atoms with Crippen LogP contribution in [-0.4, -0.2) is 42.6 Å². The average Bonchev–Trinajstić information content (AvgIpc) is 2.79. The van der Waals surface area contributed by atoms with E-state index in [1.54, 1.807) is 35.9 Å². The van der Waals surface area contributed by atoms with E-state index < -0.39 is 35.4 Å². The number of aliphatic carboxylic acids is 1. The highest BCUT2D eigenvalue weighted by Crippen LogP contribution is 2.19. The first-order chi connectivity index (χ1) is 10.9. The Morgan fingerprint density at radius 2 is 1.91 bits per heavy atom. The number of benzene rings is 1. The van der Waals surface area contributed by atoms with E-state index >= 15 is 0 Å². The topological polar surface area (TPSA) is 126 Å². The molecule has 0 atom stereocenters. The molecule has 0 saturated heterocycles. The molecule has 2 aromatic heterocycles. The molecule has 2 heterocycles. The van der Waals surface area contributed by atoms with Crippen LogP contribution in [0.5, 0.6) is 5.88 Å². The second-order valence-corrected chi connectivity index (χ2v) is 4.88. The molecule has 1 amide bonds. The molecule has 0 bridgehead atoms. The number of nitrogens with zero attached hydrogens (tertiary/aromatic N) is 3. The van der Waals surface area contributed by atoms with Crippen molar-refractivity contribution in [2.75, 3.05) is 6.54 Å². The number of carbonyl (C=O) groups is 2. The van der Waals surface area contributed by atoms with Crippen LogP contribution in [0.15, 0.2) is 29.1 Å². The molecule has 0 radical (unpaired) electrons. The van der Waals surface area contributed by atoms with Crippen molar-refractivity contribution in [3.63, 3.8) is 0 Å². The Morgan fingerprint density at radius 3 is 2.57 bits per heavy atom. The van der Waals surface area contributed by atoms with Crippen molar-refractivity contribution in [2.45, 2.75) is 0 Å². The number of aryl methyl sites for hydroxylation is 1. The Morgan fingerprint density at radius 1 is 1.26 bits per heavy atom. The fourth-order valence-corrected chi connectivity index (χ4v) is 2.43. The highest BCUT2D eigenvalue weighted by atomic mass is 16.4. The van der Waals surface area contributed by atoms with Gasteiger partial charge in [0.25, 0.3) is 11.5 Å². The van der Waals surface area contributed by atoms with Gasteiger partial charge in [0, 0.05) is 7.05 Å². The number of hydrogen-bond donors (Lipinski definition) is 3. The lowest BCUT2D eigenvalue weighted by Crippen LogP contribution is -2.34. The van der Waals surface area contributed by atoms with Gasteiger partial charge < -0.3 is 20.1 Å². The highest BCUT2D eigenvalue weighted by Gasteiger charge is 2.23. The summed E-state index contributed by atoms with van der Waals surface area (Å²) in [6.45, 7) is -0.671. The van der Waals surface area contributed by atoms with Crippen molar-refractivity contribution in [2.24, 2.45) is 7.05 Å². The van der Waals surface area contributed by atoms with Crippen molar-refractivity contribution in [1.29, 1.82) is 0 Å². The molecule has 9 heteroatoms. The van der Waals surface area contributed by atoms with Crippen LogP contribution in [0, 0.1) is 0 Å². The number of carboxylic acids is 1. The van der Waals surface area contributed by atoms with Gasteiger partial charge in [0.2, 0.25) is 11.7 Å². The van der Waals surface area contributed by atoms with Crippen LogP contribution < -0.4 is 10.9 Å². The summed E-state index contributed by atoms with van der Waals surface area (Å²) in [4.78, 5) is 39.0. The number of nitrogens with one attached hydrogen (secondary N) is 1. The van der Waals surface area contributed by atoms with E-state index in [2.05, 4.69) is 4.98 Å². The molecule has 0 saturated carbocycles. The smallest absolute Gasteiger partial charge is 0.322 e. The number of aromatic nitrogens is 3. The number of amides is 1. The molecular formula is C14H12N4O5. The van der Waals surface area contributed by atoms with E-state index in [1.807, 2.05) is 5.32 Å². The molecule has 0 aliphatic heterocycles. The minimum Gasteiger partial charge on any atom is -0.492 e. The summed E-state index contributed by atoms with van der Waals surface area (Å²) in [5.74, 6) is -2.84. The summed E-state index contributed by atoms with van der Waals surface area (Å²) in [6, 6.07) is 6.96. The third-order valence-corrected chi connectivity index (χ3v) is 3.46. The van der Waals surface area contributed by atoms with Gasteiger partial charge in [-0.3, -0.25) is 14.4 Å². The molecular weight excluding hydrogens is 304 g/mol. The zero-order valence-electron chi connectivity index (χ0n) is 12.0. The molecule has 118 valence electrons. The monoisotopic (exact) mass is 316 g/mol. The SMILES string of the molecule is Cn1c2ccccc2n2c(=O)c(C(=O)NCC(=O)O)c(O)nc12. The van der Waals surface area contributed by atoms with Crippen molar-refractivity contribution in [1.82, 2.24) is 19.3 Å². The van der Waals surface area contributed by atoms with E-state index in [-0.39, 0.29) is 5.78 Å². The second kappa shape index (κ2) is 5.13. The molecule has 3 rings (SSSR count). The van der Waals surface area contributed by atoms with Crippen LogP contribution in [0.25, 0.3) is 16.8 Å². The summed E-state index contributed by atoms with van der Waals surface area (Å²) in [5.41, 5.74) is -0.151. The van der Waals surface area contributed by atoms with Gasteiger partial charge >= 0.3 is 5.97 Å². The average molecular weight is 316 g/mol. The molecule has 0 spiro atoms. The minimum atomic E-state index is -1.27. The van der Waals surface area contributed by atoms with Crippen molar-refractivity contribution in [3.05, 3.63) is 40.2 Å². The second-order valence-electron chi connectivity index (χ2n) is 4.88. The fraction of sp³-hybridized carbons (Fsp3) is 0.143. The molecule has 23 heavy (non-hydrogen) atoms. The summed E-state index contributed by atoms with van der Waals surface area (Å²) in [6.07, 6.45) is 0. The number of carbonyl (C=O) groups excluding carboxylic acids is 1. The molecule has 0 unspecified atom stereocenters. The number of imidazole rings is 1. The maximum absolute atomic E-state index is 12.6. The normalized spacial score (nSPS) is 11.0. The Bertz CT molecular complexity index is 1020. The van der Waals surface area contributed by atoms with Crippen LogP contribution in [-0.2, 0) is 11.8 Å². The van der Waals surface area contributed by atoms with E-state index in [1.165, 1.54) is 4.40 Å². The number of carboxylic acid groups (broad SMARTS) is 1. The van der Waals surface area contributed by atoms with Crippen LogP contribution in [0.4, 0.5) is 0 Å². The lowest BCUT2D eigenvalue weighted by atomic mass is 10.3. The minimum absolute atomic E-state index is 0.170. The van der Waals surface area contributed by atoms with Gasteiger partial charge in [0.15, 0.2) is 5.56 Å². The molecule has 9 nitrogen and oxygen atoms in total. The molecule has 0 aliphatic rings. The van der Waals surface area contributed by atoms with Gasteiger partial charge in [0.1, 0.15) is 6.54 Å². The summed E-state index contributed by atoms with van der Waals surface area (Å²) in [5, 5.41) is 20.6. The molecule has 0 aliphatic carbocycles. The Kier molecular flexibility index (Phi) is 3.25. The zero-order chi connectivity index (χ0) is 16.7. The zero-order valence-corrected chi connectivity index (χ0v) is 12.0. The number of para-hydroxylation sites is 2. The first kappa shape index (κ1) is 14.6. The van der Waals surface area contributed by atoms with E-state index in [0.717, 1.165) is 0 Å². The van der Waals surface area contributed by atoms with Gasteiger partial charge in [-0.05, 0) is 12.1 Å². The van der Waals surface area contributed by atoms with E-state index in [9.17, 15) is 19.5 Å². The van der Waals surface area contributed by atoms with Crippen LogP contribution in [0.1, 0.15) is 10.4 Å². The Labute approximate surface area is 128 Å². The first-order valence-electron chi connectivity index (χ1n) is 6.61. The van der Waals surface area contributed by atoms with Gasteiger partial charge in [-0.1, -0.05) is 12.1 Å². The van der Waals surface area contributed by atoms with Crippen molar-refractivity contribution < 1.29 is 19.8 Å². The number of aromatic hydroxyl groups is 1. The van der Waals surface area contributed by atoms with Crippen LogP contribution in [0.3, 0.4) is 0 Å². The summed E-state index contributed by atoms with van der Waals surface area (Å²) < 4.78 is 2.81. The van der Waals surface area contributed by atoms with Gasteiger partial charge in [-0.25, -0.2) is 4.40 Å². The number of hydrogen-bond acceptors (Lipinski definition) is 5. The van der Waals surface area contributed by atoms with E-state index in [0.29, 0.717) is 11.0 Å². The maximum Gasteiger partial charge on any atom is 0.322 e. The Balaban J connectivity index is 2.29. The maximum atomic E-state index is 12.6. The molecule has 3 aromatic rings. The summed E-state index contributed by atoms with van der Waals surface area (Å²) in [7, 11) is 1.67. The van der Waals surface area contributed by atoms with Gasteiger partial charge in [-0.15, -0.1) is 0 Å². The predicted octanol–water partition coefficient (Wildman–Crippen LogP) is -0.294. The largest absolute Gasteiger partial charge is 0.492 e. The molecule has 3 N–H and O–H groups in total. The highest BCUT2D eigenvalue weighted by molar-refractivity contribution is 5.98. The van der Waals surface area contributed by atoms with Crippen molar-refractivity contribution >= 4 is 28.7 Å². The van der Waals surface area contributed by atoms with Gasteiger partial charge in [-0.2, -0.15) is 4.98 Å². The number of fused-ring (bicyclic) bond motifs is 3. The van der Waals surface area contributed by atoms with Crippen molar-refractivity contribution in [3.8, 4) is 5.88 Å². The first-order valence-corrected chi connectivity index (χ1v) is 6.61. The van der Waals surface area contributed by atoms with E-state index in [4.69, 9.17) is 5.11 Å². The third kappa shape index (κ3) is 2.18. The molecule has 0 fully saturated rings. The summed E-state index contributed by atoms with van der Waals surface area (Å²) >= 11 is 0. The predicted molar refractivity (Wildman–Crippen MR) is 79.6 cm³/mol. The standard InChI is InChI=1S/C14H12N4O5/c1-17-7-4-2-3-5-8(7)18-13(23)10(12(22)16-14(17)18)11(21)15-6-9(19)20/h2-5,22H,6H2,1H3,(H,15,21)(H,19,20). The fourth-order valence-electron chi connectivity index (χ4n) is 2.43. The van der Waals surface area contributed by atoms with Gasteiger partial charge in [0.05, 0.1) is 11.0 Å². The van der Waals surface area contributed by atoms with Crippen LogP contribution >= 0.6 is 0 Å². The number of rotatable bonds is 3. The quantitative estimate of drug-likeness (QED) is 0.609. The lowest BCUT2D eigenvalue weighted by molar-refractivity contribution is -0.135. The lowest BCUT2D eigenvalue weighted by Gasteiger charge is -2.05. The Hall–Kier alpha value is -3.36.